The van der Waals surface area contributed by atoms with Gasteiger partial charge in [-0.15, -0.1) is 0 Å². The fraction of sp³-hybridized carbons (Fsp3) is 0.300. The van der Waals surface area contributed by atoms with Crippen LogP contribution < -0.4 is 4.90 Å². The molecule has 0 radical (unpaired) electrons. The summed E-state index contributed by atoms with van der Waals surface area (Å²) in [5.74, 6) is -0.671. The molecule has 1 aliphatic rings. The molecule has 0 aromatic heterocycles. The molecule has 5 heteroatoms. The van der Waals surface area contributed by atoms with Gasteiger partial charge in [0, 0.05) is 22.1 Å². The predicted molar refractivity (Wildman–Crippen MR) is 101 cm³/mol. The SMILES string of the molecule is CCCCN1C(=O)[C@@](O)(CC(=O)c2cccc(Br)c2)c2ccccc21. The average molecular weight is 402 g/mol. The molecule has 25 heavy (non-hydrogen) atoms. The molecule has 0 aliphatic carbocycles. The number of hydrogen-bond donors (Lipinski definition) is 1. The number of benzene rings is 2. The highest BCUT2D eigenvalue weighted by atomic mass is 79.9. The second-order valence-electron chi connectivity index (χ2n) is 6.30. The fourth-order valence-corrected chi connectivity index (χ4v) is 3.61. The number of ketones is 1. The molecule has 1 N–H and O–H groups in total. The lowest BCUT2D eigenvalue weighted by molar-refractivity contribution is -0.135. The summed E-state index contributed by atoms with van der Waals surface area (Å²) in [5, 5.41) is 11.2. The standard InChI is InChI=1S/C20H20BrNO3/c1-2-3-11-22-17-10-5-4-9-16(17)20(25,19(22)24)13-18(23)14-7-6-8-15(21)12-14/h4-10,12,25H,2-3,11,13H2,1H3/t20-/m1/s1. The van der Waals surface area contributed by atoms with E-state index in [2.05, 4.69) is 22.9 Å². The van der Waals surface area contributed by atoms with E-state index in [1.54, 1.807) is 35.2 Å². The van der Waals surface area contributed by atoms with E-state index >= 15 is 0 Å². The molecule has 0 bridgehead atoms. The zero-order valence-corrected chi connectivity index (χ0v) is 15.6. The highest BCUT2D eigenvalue weighted by molar-refractivity contribution is 9.10. The minimum atomic E-state index is -1.80. The molecule has 0 spiro atoms. The van der Waals surface area contributed by atoms with Crippen LogP contribution in [0.3, 0.4) is 0 Å². The van der Waals surface area contributed by atoms with E-state index in [4.69, 9.17) is 0 Å². The summed E-state index contributed by atoms with van der Waals surface area (Å²) in [6.07, 6.45) is 1.53. The van der Waals surface area contributed by atoms with Crippen LogP contribution in [-0.4, -0.2) is 23.3 Å². The minimum absolute atomic E-state index is 0.260. The van der Waals surface area contributed by atoms with Crippen LogP contribution in [0.25, 0.3) is 0 Å². The molecule has 3 rings (SSSR count). The zero-order chi connectivity index (χ0) is 18.0. The topological polar surface area (TPSA) is 57.6 Å². The molecule has 2 aromatic carbocycles. The molecular formula is C20H20BrNO3. The molecule has 2 aromatic rings. The Kier molecular flexibility index (Phi) is 5.06. The van der Waals surface area contributed by atoms with Crippen LogP contribution in [-0.2, 0) is 10.4 Å². The number of hydrogen-bond acceptors (Lipinski definition) is 3. The fourth-order valence-electron chi connectivity index (χ4n) is 3.21. The van der Waals surface area contributed by atoms with Crippen LogP contribution in [0, 0.1) is 0 Å². The lowest BCUT2D eigenvalue weighted by atomic mass is 9.88. The van der Waals surface area contributed by atoms with Crippen LogP contribution in [0.15, 0.2) is 53.0 Å². The van der Waals surface area contributed by atoms with E-state index in [0.717, 1.165) is 17.3 Å². The Morgan fingerprint density at radius 3 is 2.68 bits per heavy atom. The van der Waals surface area contributed by atoms with Gasteiger partial charge in [-0.05, 0) is 24.6 Å². The molecule has 1 amide bonds. The van der Waals surface area contributed by atoms with Gasteiger partial charge < -0.3 is 10.0 Å². The quantitative estimate of drug-likeness (QED) is 0.742. The van der Waals surface area contributed by atoms with Crippen molar-refractivity contribution < 1.29 is 14.7 Å². The lowest BCUT2D eigenvalue weighted by Gasteiger charge is -2.22. The lowest BCUT2D eigenvalue weighted by Crippen LogP contribution is -2.42. The summed E-state index contributed by atoms with van der Waals surface area (Å²) in [5.41, 5.74) is -0.117. The largest absolute Gasteiger partial charge is 0.375 e. The predicted octanol–water partition coefficient (Wildman–Crippen LogP) is 4.06. The van der Waals surface area contributed by atoms with Crippen LogP contribution in [0.1, 0.15) is 42.1 Å². The highest BCUT2D eigenvalue weighted by Crippen LogP contribution is 2.43. The van der Waals surface area contributed by atoms with E-state index in [0.29, 0.717) is 23.4 Å². The summed E-state index contributed by atoms with van der Waals surface area (Å²) >= 11 is 3.34. The van der Waals surface area contributed by atoms with Gasteiger partial charge in [0.15, 0.2) is 11.4 Å². The number of halogens is 1. The first-order chi connectivity index (χ1) is 12.0. The molecule has 130 valence electrons. The van der Waals surface area contributed by atoms with Crippen molar-refractivity contribution in [1.82, 2.24) is 0 Å². The third-order valence-corrected chi connectivity index (χ3v) is 5.03. The van der Waals surface area contributed by atoms with Crippen LogP contribution in [0.2, 0.25) is 0 Å². The molecule has 1 heterocycles. The summed E-state index contributed by atoms with van der Waals surface area (Å²) < 4.78 is 0.785. The molecule has 0 fully saturated rings. The Hall–Kier alpha value is -1.98. The maximum absolute atomic E-state index is 12.9. The molecule has 1 atom stereocenters. The van der Waals surface area contributed by atoms with E-state index in [1.165, 1.54) is 0 Å². The smallest absolute Gasteiger partial charge is 0.264 e. The number of rotatable bonds is 6. The number of Topliss-reactive ketones (excluding diaryl/α,β-unsaturated/α-hetero) is 1. The number of carbonyl (C=O) groups is 2. The number of fused-ring (bicyclic) bond motifs is 1. The molecular weight excluding hydrogens is 382 g/mol. The second-order valence-corrected chi connectivity index (χ2v) is 7.21. The van der Waals surface area contributed by atoms with Crippen molar-refractivity contribution in [3.8, 4) is 0 Å². The minimum Gasteiger partial charge on any atom is -0.375 e. The van der Waals surface area contributed by atoms with Crippen LogP contribution >= 0.6 is 15.9 Å². The number of carbonyl (C=O) groups excluding carboxylic acids is 2. The van der Waals surface area contributed by atoms with Crippen molar-refractivity contribution in [2.75, 3.05) is 11.4 Å². The molecule has 4 nitrogen and oxygen atoms in total. The maximum Gasteiger partial charge on any atom is 0.264 e. The first-order valence-electron chi connectivity index (χ1n) is 8.40. The van der Waals surface area contributed by atoms with Gasteiger partial charge in [0.25, 0.3) is 5.91 Å². The van der Waals surface area contributed by atoms with Crippen LogP contribution in [0.5, 0.6) is 0 Å². The van der Waals surface area contributed by atoms with Gasteiger partial charge in [0.1, 0.15) is 0 Å². The first-order valence-corrected chi connectivity index (χ1v) is 9.19. The third kappa shape index (κ3) is 3.26. The monoisotopic (exact) mass is 401 g/mol. The van der Waals surface area contributed by atoms with Gasteiger partial charge in [-0.2, -0.15) is 0 Å². The van der Waals surface area contributed by atoms with Gasteiger partial charge in [-0.25, -0.2) is 0 Å². The summed E-state index contributed by atoms with van der Waals surface area (Å²) in [6.45, 7) is 2.59. The highest BCUT2D eigenvalue weighted by Gasteiger charge is 2.50. The Morgan fingerprint density at radius 2 is 1.96 bits per heavy atom. The molecule has 0 saturated carbocycles. The Labute approximate surface area is 155 Å². The van der Waals surface area contributed by atoms with E-state index in [-0.39, 0.29) is 12.2 Å². The van der Waals surface area contributed by atoms with Crippen molar-refractivity contribution >= 4 is 33.3 Å². The van der Waals surface area contributed by atoms with E-state index in [9.17, 15) is 14.7 Å². The maximum atomic E-state index is 12.9. The van der Waals surface area contributed by atoms with Gasteiger partial charge >= 0.3 is 0 Å². The number of nitrogens with zero attached hydrogens (tertiary/aromatic N) is 1. The summed E-state index contributed by atoms with van der Waals surface area (Å²) in [6, 6.07) is 14.2. The molecule has 0 saturated heterocycles. The zero-order valence-electron chi connectivity index (χ0n) is 14.0. The van der Waals surface area contributed by atoms with Crippen molar-refractivity contribution in [2.24, 2.45) is 0 Å². The van der Waals surface area contributed by atoms with Gasteiger partial charge in [-0.1, -0.05) is 59.6 Å². The number of para-hydroxylation sites is 1. The van der Waals surface area contributed by atoms with E-state index < -0.39 is 11.5 Å². The van der Waals surface area contributed by atoms with Gasteiger partial charge in [-0.3, -0.25) is 9.59 Å². The van der Waals surface area contributed by atoms with E-state index in [1.807, 2.05) is 18.2 Å². The summed E-state index contributed by atoms with van der Waals surface area (Å²) in [4.78, 5) is 27.2. The third-order valence-electron chi connectivity index (χ3n) is 4.54. The second kappa shape index (κ2) is 7.10. The number of unbranched alkanes of at least 4 members (excludes halogenated alkanes) is 1. The average Bonchev–Trinajstić information content (AvgIpc) is 2.81. The number of anilines is 1. The first kappa shape index (κ1) is 17.8. The Balaban J connectivity index is 1.94. The van der Waals surface area contributed by atoms with Crippen molar-refractivity contribution in [3.63, 3.8) is 0 Å². The Bertz CT molecular complexity index is 820. The van der Waals surface area contributed by atoms with Crippen LogP contribution in [0.4, 0.5) is 5.69 Å². The summed E-state index contributed by atoms with van der Waals surface area (Å²) in [7, 11) is 0. The molecule has 1 aliphatic heterocycles. The number of amides is 1. The van der Waals surface area contributed by atoms with Crippen molar-refractivity contribution in [1.29, 1.82) is 0 Å². The normalized spacial score (nSPS) is 19.2. The van der Waals surface area contributed by atoms with Crippen molar-refractivity contribution in [2.45, 2.75) is 31.8 Å². The Morgan fingerprint density at radius 1 is 1.20 bits per heavy atom. The van der Waals surface area contributed by atoms with Gasteiger partial charge in [0.2, 0.25) is 0 Å². The van der Waals surface area contributed by atoms with Gasteiger partial charge in [0.05, 0.1) is 12.1 Å². The van der Waals surface area contributed by atoms with Crippen molar-refractivity contribution in [3.05, 3.63) is 64.1 Å². The molecule has 0 unspecified atom stereocenters. The number of aliphatic hydroxyl groups is 1.